The first-order valence-electron chi connectivity index (χ1n) is 7.22. The Balaban J connectivity index is 1.91. The van der Waals surface area contributed by atoms with Gasteiger partial charge in [-0.25, -0.2) is 4.79 Å². The highest BCUT2D eigenvalue weighted by Crippen LogP contribution is 2.34. The van der Waals surface area contributed by atoms with Crippen LogP contribution in [0.1, 0.15) is 16.1 Å². The number of carboxylic acid groups (broad SMARTS) is 1. The lowest BCUT2D eigenvalue weighted by molar-refractivity contribution is -0.122. The topological polar surface area (TPSA) is 87.8 Å². The van der Waals surface area contributed by atoms with Crippen molar-refractivity contribution in [2.24, 2.45) is 0 Å². The van der Waals surface area contributed by atoms with E-state index in [-0.39, 0.29) is 17.0 Å². The summed E-state index contributed by atoms with van der Waals surface area (Å²) in [5, 5.41) is 8.97. The van der Waals surface area contributed by atoms with Gasteiger partial charge in [-0.15, -0.1) is 6.42 Å². The summed E-state index contributed by atoms with van der Waals surface area (Å²) in [5.74, 6) is 1.35. The van der Waals surface area contributed by atoms with Gasteiger partial charge in [-0.3, -0.25) is 14.5 Å². The Morgan fingerprint density at radius 2 is 2.12 bits per heavy atom. The summed E-state index contributed by atoms with van der Waals surface area (Å²) >= 11 is 6.88. The molecule has 2 amide bonds. The van der Waals surface area contributed by atoms with Crippen LogP contribution in [0, 0.1) is 12.3 Å². The molecule has 1 aliphatic rings. The number of carbonyl (C=O) groups excluding carboxylic acids is 2. The van der Waals surface area contributed by atoms with E-state index in [1.54, 1.807) is 12.1 Å². The number of carboxylic acids is 1. The number of thioether (sulfide) groups is 1. The highest BCUT2D eigenvalue weighted by atomic mass is 35.5. The van der Waals surface area contributed by atoms with Crippen LogP contribution >= 0.6 is 23.4 Å². The monoisotopic (exact) mass is 387 g/mol. The predicted octanol–water partition coefficient (Wildman–Crippen LogP) is 3.97. The molecule has 1 N–H and O–H groups in total. The van der Waals surface area contributed by atoms with Crippen LogP contribution in [-0.2, 0) is 4.79 Å². The maximum absolute atomic E-state index is 12.2. The van der Waals surface area contributed by atoms with E-state index >= 15 is 0 Å². The zero-order valence-electron chi connectivity index (χ0n) is 13.1. The molecule has 8 heteroatoms. The van der Waals surface area contributed by atoms with Crippen molar-refractivity contribution in [1.82, 2.24) is 4.90 Å². The Morgan fingerprint density at radius 3 is 2.81 bits per heavy atom. The summed E-state index contributed by atoms with van der Waals surface area (Å²) in [5.41, 5.74) is 0.476. The summed E-state index contributed by atoms with van der Waals surface area (Å²) in [6.45, 7) is -0.0942. The highest BCUT2D eigenvalue weighted by Gasteiger charge is 2.34. The summed E-state index contributed by atoms with van der Waals surface area (Å²) in [6.07, 6.45) is 6.58. The minimum absolute atomic E-state index is 0.0674. The van der Waals surface area contributed by atoms with Gasteiger partial charge in [0.25, 0.3) is 11.1 Å². The molecule has 1 aromatic heterocycles. The van der Waals surface area contributed by atoms with Crippen LogP contribution in [0.2, 0.25) is 5.02 Å². The van der Waals surface area contributed by atoms with Crippen molar-refractivity contribution in [2.75, 3.05) is 6.54 Å². The van der Waals surface area contributed by atoms with E-state index in [9.17, 15) is 14.4 Å². The van der Waals surface area contributed by atoms with Crippen molar-refractivity contribution in [2.45, 2.75) is 0 Å². The van der Waals surface area contributed by atoms with Crippen molar-refractivity contribution in [3.05, 3.63) is 51.6 Å². The van der Waals surface area contributed by atoms with Gasteiger partial charge in [0.2, 0.25) is 0 Å². The third kappa shape index (κ3) is 3.38. The molecule has 6 nitrogen and oxygen atoms in total. The van der Waals surface area contributed by atoms with Crippen LogP contribution in [0.4, 0.5) is 4.79 Å². The van der Waals surface area contributed by atoms with Crippen LogP contribution in [0.5, 0.6) is 0 Å². The molecular formula is C18H10ClNO5S. The molecule has 2 aromatic rings. The van der Waals surface area contributed by atoms with Crippen LogP contribution in [-0.4, -0.2) is 33.7 Å². The lowest BCUT2D eigenvalue weighted by atomic mass is 10.1. The number of benzene rings is 1. The molecule has 1 aliphatic heterocycles. The molecule has 0 radical (unpaired) electrons. The molecule has 0 bridgehead atoms. The molecule has 0 spiro atoms. The Labute approximate surface area is 157 Å². The Kier molecular flexibility index (Phi) is 4.89. The molecule has 1 fully saturated rings. The van der Waals surface area contributed by atoms with Gasteiger partial charge in [-0.1, -0.05) is 17.5 Å². The van der Waals surface area contributed by atoms with E-state index in [1.807, 2.05) is 0 Å². The number of nitrogens with zero attached hydrogens (tertiary/aromatic N) is 1. The minimum Gasteiger partial charge on any atom is -0.478 e. The smallest absolute Gasteiger partial charge is 0.335 e. The fraction of sp³-hybridized carbons (Fsp3) is 0.0556. The van der Waals surface area contributed by atoms with E-state index in [0.29, 0.717) is 22.1 Å². The van der Waals surface area contributed by atoms with E-state index < -0.39 is 17.1 Å². The molecule has 0 atom stereocenters. The number of carbonyl (C=O) groups is 3. The van der Waals surface area contributed by atoms with Gasteiger partial charge in [0.1, 0.15) is 11.5 Å². The number of halogens is 1. The van der Waals surface area contributed by atoms with Gasteiger partial charge in [-0.05, 0) is 42.1 Å². The van der Waals surface area contributed by atoms with Crippen LogP contribution in [0.25, 0.3) is 17.4 Å². The average molecular weight is 388 g/mol. The van der Waals surface area contributed by atoms with Crippen LogP contribution < -0.4 is 0 Å². The third-order valence-electron chi connectivity index (χ3n) is 3.50. The average Bonchev–Trinajstić information content (AvgIpc) is 3.16. The number of hydrogen-bond acceptors (Lipinski definition) is 5. The molecular weight excluding hydrogens is 378 g/mol. The summed E-state index contributed by atoms with van der Waals surface area (Å²) < 4.78 is 5.64. The molecule has 0 unspecified atom stereocenters. The highest BCUT2D eigenvalue weighted by molar-refractivity contribution is 8.18. The summed E-state index contributed by atoms with van der Waals surface area (Å²) in [6, 6.07) is 7.44. The van der Waals surface area contributed by atoms with Crippen molar-refractivity contribution in [3.63, 3.8) is 0 Å². The lowest BCUT2D eigenvalue weighted by Gasteiger charge is -2.06. The summed E-state index contributed by atoms with van der Waals surface area (Å²) in [7, 11) is 0. The Hall–Kier alpha value is -2.95. The maximum Gasteiger partial charge on any atom is 0.335 e. The number of imide groups is 1. The van der Waals surface area contributed by atoms with Gasteiger partial charge in [0.15, 0.2) is 0 Å². The number of furan rings is 1. The number of rotatable bonds is 4. The van der Waals surface area contributed by atoms with Crippen LogP contribution in [0.3, 0.4) is 0 Å². The first-order valence-corrected chi connectivity index (χ1v) is 8.42. The maximum atomic E-state index is 12.2. The molecule has 0 saturated carbocycles. The van der Waals surface area contributed by atoms with E-state index in [0.717, 1.165) is 16.7 Å². The molecule has 0 aliphatic carbocycles. The van der Waals surface area contributed by atoms with E-state index in [2.05, 4.69) is 5.92 Å². The van der Waals surface area contributed by atoms with Crippen molar-refractivity contribution in [1.29, 1.82) is 0 Å². The number of amides is 2. The molecule has 26 heavy (non-hydrogen) atoms. The van der Waals surface area contributed by atoms with Crippen molar-refractivity contribution < 1.29 is 23.9 Å². The third-order valence-corrected chi connectivity index (χ3v) is 4.74. The minimum atomic E-state index is -1.09. The zero-order valence-corrected chi connectivity index (χ0v) is 14.6. The number of hydrogen-bond donors (Lipinski definition) is 1. The fourth-order valence-corrected chi connectivity index (χ4v) is 3.31. The van der Waals surface area contributed by atoms with Gasteiger partial charge < -0.3 is 9.52 Å². The number of terminal acetylenes is 1. The first-order chi connectivity index (χ1) is 12.4. The van der Waals surface area contributed by atoms with E-state index in [4.69, 9.17) is 27.5 Å². The molecule has 1 aromatic carbocycles. The predicted molar refractivity (Wildman–Crippen MR) is 97.6 cm³/mol. The number of aromatic carboxylic acids is 1. The SMILES string of the molecule is C#CCN1C(=O)S/C(=C/c2ccc(-c3cc(C(=O)O)ccc3Cl)o2)C1=O. The molecule has 1 saturated heterocycles. The second-order valence-corrected chi connectivity index (χ2v) is 6.57. The normalized spacial score (nSPS) is 15.5. The lowest BCUT2D eigenvalue weighted by Crippen LogP contribution is -2.28. The van der Waals surface area contributed by atoms with Gasteiger partial charge in [0.05, 0.1) is 22.0 Å². The molecule has 130 valence electrons. The van der Waals surface area contributed by atoms with Crippen LogP contribution in [0.15, 0.2) is 39.7 Å². The quantitative estimate of drug-likeness (QED) is 0.631. The summed E-state index contributed by atoms with van der Waals surface area (Å²) in [4.78, 5) is 36.2. The van der Waals surface area contributed by atoms with Crippen molar-refractivity contribution in [3.8, 4) is 23.7 Å². The fourth-order valence-electron chi connectivity index (χ4n) is 2.28. The Bertz CT molecular complexity index is 1000. The second kappa shape index (κ2) is 7.12. The van der Waals surface area contributed by atoms with Crippen molar-refractivity contribution >= 4 is 46.6 Å². The second-order valence-electron chi connectivity index (χ2n) is 5.17. The first kappa shape index (κ1) is 17.9. The van der Waals surface area contributed by atoms with Gasteiger partial charge in [0, 0.05) is 11.6 Å². The zero-order chi connectivity index (χ0) is 18.8. The largest absolute Gasteiger partial charge is 0.478 e. The molecule has 3 rings (SSSR count). The standard InChI is InChI=1S/C18H10ClNO5S/c1-2-7-20-16(21)15(26-18(20)24)9-11-4-6-14(25-11)12-8-10(17(22)23)3-5-13(12)19/h1,3-6,8-9H,7H2,(H,22,23)/b15-9+. The Morgan fingerprint density at radius 1 is 1.35 bits per heavy atom. The van der Waals surface area contributed by atoms with Gasteiger partial charge in [-0.2, -0.15) is 0 Å². The van der Waals surface area contributed by atoms with E-state index in [1.165, 1.54) is 24.3 Å². The van der Waals surface area contributed by atoms with Gasteiger partial charge >= 0.3 is 5.97 Å². The molecule has 2 heterocycles.